The van der Waals surface area contributed by atoms with Gasteiger partial charge in [0.1, 0.15) is 0 Å². The Morgan fingerprint density at radius 2 is 2.14 bits per heavy atom. The van der Waals surface area contributed by atoms with Crippen molar-refractivity contribution in [2.45, 2.75) is 38.8 Å². The molecule has 3 nitrogen and oxygen atoms in total. The van der Waals surface area contributed by atoms with Gasteiger partial charge in [-0.3, -0.25) is 0 Å². The van der Waals surface area contributed by atoms with E-state index in [1.807, 2.05) is 6.07 Å². The molecule has 1 aromatic carbocycles. The zero-order chi connectivity index (χ0) is 14.8. The van der Waals surface area contributed by atoms with E-state index in [9.17, 15) is 0 Å². The van der Waals surface area contributed by atoms with Crippen molar-refractivity contribution in [1.29, 1.82) is 0 Å². The Morgan fingerprint density at radius 3 is 2.86 bits per heavy atom. The van der Waals surface area contributed by atoms with Gasteiger partial charge < -0.3 is 15.0 Å². The fourth-order valence-corrected chi connectivity index (χ4v) is 3.38. The van der Waals surface area contributed by atoms with Gasteiger partial charge in [0.2, 0.25) is 0 Å². The summed E-state index contributed by atoms with van der Waals surface area (Å²) in [6, 6.07) is 6.33. The summed E-state index contributed by atoms with van der Waals surface area (Å²) in [6.45, 7) is 4.87. The Labute approximate surface area is 131 Å². The highest BCUT2D eigenvalue weighted by molar-refractivity contribution is 6.31. The first-order valence-electron chi connectivity index (χ1n) is 7.74. The molecule has 1 aliphatic rings. The summed E-state index contributed by atoms with van der Waals surface area (Å²) in [5.41, 5.74) is 8.54. The van der Waals surface area contributed by atoms with E-state index in [1.54, 1.807) is 0 Å². The predicted molar refractivity (Wildman–Crippen MR) is 87.8 cm³/mol. The molecule has 0 amide bonds. The number of halogens is 1. The van der Waals surface area contributed by atoms with Crippen LogP contribution in [0.25, 0.3) is 10.9 Å². The van der Waals surface area contributed by atoms with Gasteiger partial charge in [0.05, 0.1) is 0 Å². The maximum absolute atomic E-state index is 6.19. The first-order chi connectivity index (χ1) is 10.1. The van der Waals surface area contributed by atoms with Crippen LogP contribution >= 0.6 is 11.6 Å². The number of nitrogens with two attached hydrogens (primary N) is 1. The van der Waals surface area contributed by atoms with Crippen LogP contribution in [0.1, 0.15) is 25.3 Å². The van der Waals surface area contributed by atoms with E-state index in [4.69, 9.17) is 22.1 Å². The summed E-state index contributed by atoms with van der Waals surface area (Å²) in [5, 5.41) is 2.07. The second-order valence-corrected chi connectivity index (χ2v) is 6.64. The maximum Gasteiger partial charge on any atom is 0.0498 e. The molecule has 114 valence electrons. The number of ether oxygens (including phenoxy) is 1. The number of benzene rings is 1. The molecule has 21 heavy (non-hydrogen) atoms. The molecule has 1 unspecified atom stereocenters. The van der Waals surface area contributed by atoms with Crippen LogP contribution in [0, 0.1) is 5.92 Å². The van der Waals surface area contributed by atoms with Crippen LogP contribution in [-0.2, 0) is 17.7 Å². The minimum Gasteiger partial charge on any atom is -0.381 e. The predicted octanol–water partition coefficient (Wildman–Crippen LogP) is 3.61. The standard InChI is InChI=1S/C17H23ClN2O/c1-12(19)8-14-11-20(10-13-4-6-21-7-5-13)17-9-15(18)2-3-16(14)17/h2-3,9,11-13H,4-8,10,19H2,1H3. The van der Waals surface area contributed by atoms with E-state index in [1.165, 1.54) is 16.5 Å². The molecule has 2 heterocycles. The maximum atomic E-state index is 6.19. The van der Waals surface area contributed by atoms with Crippen LogP contribution in [-0.4, -0.2) is 23.8 Å². The summed E-state index contributed by atoms with van der Waals surface area (Å²) in [5.74, 6) is 0.691. The molecule has 1 saturated heterocycles. The molecule has 2 aromatic rings. The first kappa shape index (κ1) is 14.9. The van der Waals surface area contributed by atoms with Gasteiger partial charge >= 0.3 is 0 Å². The van der Waals surface area contributed by atoms with Crippen LogP contribution in [0.3, 0.4) is 0 Å². The quantitative estimate of drug-likeness (QED) is 0.937. The van der Waals surface area contributed by atoms with Crippen molar-refractivity contribution in [3.63, 3.8) is 0 Å². The highest BCUT2D eigenvalue weighted by Gasteiger charge is 2.17. The summed E-state index contributed by atoms with van der Waals surface area (Å²) < 4.78 is 7.81. The van der Waals surface area contributed by atoms with Crippen molar-refractivity contribution < 1.29 is 4.74 Å². The fraction of sp³-hybridized carbons (Fsp3) is 0.529. The molecule has 0 radical (unpaired) electrons. The molecule has 0 bridgehead atoms. The second kappa shape index (κ2) is 6.39. The zero-order valence-corrected chi connectivity index (χ0v) is 13.3. The fourth-order valence-electron chi connectivity index (χ4n) is 3.21. The van der Waals surface area contributed by atoms with E-state index in [-0.39, 0.29) is 6.04 Å². The number of nitrogens with zero attached hydrogens (tertiary/aromatic N) is 1. The molecule has 1 atom stereocenters. The Balaban J connectivity index is 1.94. The Morgan fingerprint density at radius 1 is 1.38 bits per heavy atom. The van der Waals surface area contributed by atoms with Gasteiger partial charge in [-0.05, 0) is 49.8 Å². The van der Waals surface area contributed by atoms with Crippen molar-refractivity contribution in [3.05, 3.63) is 35.0 Å². The highest BCUT2D eigenvalue weighted by Crippen LogP contribution is 2.28. The van der Waals surface area contributed by atoms with E-state index < -0.39 is 0 Å². The van der Waals surface area contributed by atoms with Crippen molar-refractivity contribution in [2.75, 3.05) is 13.2 Å². The molecule has 1 aromatic heterocycles. The third-order valence-electron chi connectivity index (χ3n) is 4.26. The van der Waals surface area contributed by atoms with Crippen LogP contribution in [0.5, 0.6) is 0 Å². The Kier molecular flexibility index (Phi) is 4.53. The van der Waals surface area contributed by atoms with Crippen LogP contribution in [0.2, 0.25) is 5.02 Å². The van der Waals surface area contributed by atoms with E-state index in [0.29, 0.717) is 5.92 Å². The average molecular weight is 307 g/mol. The molecule has 2 N–H and O–H groups in total. The largest absolute Gasteiger partial charge is 0.381 e. The molecule has 4 heteroatoms. The van der Waals surface area contributed by atoms with Crippen LogP contribution in [0.15, 0.2) is 24.4 Å². The lowest BCUT2D eigenvalue weighted by Crippen LogP contribution is -2.20. The third-order valence-corrected chi connectivity index (χ3v) is 4.50. The average Bonchev–Trinajstić information content (AvgIpc) is 2.76. The van der Waals surface area contributed by atoms with Crippen molar-refractivity contribution in [2.24, 2.45) is 11.7 Å². The number of rotatable bonds is 4. The summed E-state index contributed by atoms with van der Waals surface area (Å²) >= 11 is 6.19. The SMILES string of the molecule is CC(N)Cc1cn(CC2CCOCC2)c2cc(Cl)ccc12. The van der Waals surface area contributed by atoms with E-state index in [0.717, 1.165) is 44.0 Å². The monoisotopic (exact) mass is 306 g/mol. The van der Waals surface area contributed by atoms with Gasteiger partial charge in [0.15, 0.2) is 0 Å². The lowest BCUT2D eigenvalue weighted by atomic mass is 10.0. The highest BCUT2D eigenvalue weighted by atomic mass is 35.5. The minimum absolute atomic E-state index is 0.169. The zero-order valence-electron chi connectivity index (χ0n) is 12.5. The van der Waals surface area contributed by atoms with Gasteiger partial charge in [0.25, 0.3) is 0 Å². The summed E-state index contributed by atoms with van der Waals surface area (Å²) in [7, 11) is 0. The van der Waals surface area contributed by atoms with Gasteiger partial charge in [-0.2, -0.15) is 0 Å². The van der Waals surface area contributed by atoms with E-state index in [2.05, 4.69) is 29.8 Å². The molecular formula is C17H23ClN2O. The normalized spacial score (nSPS) is 18.2. The van der Waals surface area contributed by atoms with Crippen molar-refractivity contribution in [3.8, 4) is 0 Å². The lowest BCUT2D eigenvalue weighted by Gasteiger charge is -2.22. The molecule has 1 fully saturated rings. The molecular weight excluding hydrogens is 284 g/mol. The van der Waals surface area contributed by atoms with Gasteiger partial charge in [-0.25, -0.2) is 0 Å². The second-order valence-electron chi connectivity index (χ2n) is 6.21. The molecule has 0 aliphatic carbocycles. The number of aromatic nitrogens is 1. The Hall–Kier alpha value is -1.03. The molecule has 0 spiro atoms. The van der Waals surface area contributed by atoms with Crippen LogP contribution in [0.4, 0.5) is 0 Å². The van der Waals surface area contributed by atoms with Crippen molar-refractivity contribution in [1.82, 2.24) is 4.57 Å². The number of hydrogen-bond donors (Lipinski definition) is 1. The number of hydrogen-bond acceptors (Lipinski definition) is 2. The van der Waals surface area contributed by atoms with Gasteiger partial charge in [0, 0.05) is 47.9 Å². The molecule has 3 rings (SSSR count). The van der Waals surface area contributed by atoms with Crippen molar-refractivity contribution >= 4 is 22.5 Å². The Bertz CT molecular complexity index is 615. The lowest BCUT2D eigenvalue weighted by molar-refractivity contribution is 0.0616. The topological polar surface area (TPSA) is 40.2 Å². The van der Waals surface area contributed by atoms with Gasteiger partial charge in [-0.1, -0.05) is 17.7 Å². The smallest absolute Gasteiger partial charge is 0.0498 e. The molecule has 0 saturated carbocycles. The number of fused-ring (bicyclic) bond motifs is 1. The summed E-state index contributed by atoms with van der Waals surface area (Å²) in [4.78, 5) is 0. The third kappa shape index (κ3) is 3.42. The van der Waals surface area contributed by atoms with Crippen LogP contribution < -0.4 is 5.73 Å². The van der Waals surface area contributed by atoms with E-state index >= 15 is 0 Å². The minimum atomic E-state index is 0.169. The molecule has 1 aliphatic heterocycles. The summed E-state index contributed by atoms with van der Waals surface area (Å²) in [6.07, 6.45) is 5.45. The van der Waals surface area contributed by atoms with Gasteiger partial charge in [-0.15, -0.1) is 0 Å². The first-order valence-corrected chi connectivity index (χ1v) is 8.12.